The van der Waals surface area contributed by atoms with Gasteiger partial charge in [0.1, 0.15) is 6.04 Å². The van der Waals surface area contributed by atoms with Crippen LogP contribution in [0.25, 0.3) is 0 Å². The predicted molar refractivity (Wildman–Crippen MR) is 115 cm³/mol. The standard InChI is InChI=1S/C23H38N4O3/c1-17(2)20(28)27-9-5-4-6-19(27)22(30)25-10-7-23(8-11-25)16-18(23)21(29)26-14-12-24(3)13-15-26/h17-19H,4-16H2,1-3H3. The van der Waals surface area contributed by atoms with E-state index in [4.69, 9.17) is 0 Å². The van der Waals surface area contributed by atoms with Crippen molar-refractivity contribution in [3.8, 4) is 0 Å². The van der Waals surface area contributed by atoms with Crippen LogP contribution in [-0.4, -0.2) is 96.2 Å². The minimum absolute atomic E-state index is 0.0733. The van der Waals surface area contributed by atoms with E-state index in [1.807, 2.05) is 28.5 Å². The lowest BCUT2D eigenvalue weighted by Gasteiger charge is -2.41. The van der Waals surface area contributed by atoms with E-state index in [1.165, 1.54) is 0 Å². The zero-order chi connectivity index (χ0) is 21.5. The van der Waals surface area contributed by atoms with Crippen LogP contribution < -0.4 is 0 Å². The zero-order valence-corrected chi connectivity index (χ0v) is 18.9. The van der Waals surface area contributed by atoms with E-state index in [0.717, 1.165) is 77.8 Å². The van der Waals surface area contributed by atoms with Crippen molar-refractivity contribution in [3.63, 3.8) is 0 Å². The van der Waals surface area contributed by atoms with Gasteiger partial charge in [-0.3, -0.25) is 14.4 Å². The topological polar surface area (TPSA) is 64.2 Å². The maximum atomic E-state index is 13.3. The fourth-order valence-corrected chi connectivity index (χ4v) is 5.66. The molecule has 3 amide bonds. The Morgan fingerprint density at radius 1 is 0.833 bits per heavy atom. The van der Waals surface area contributed by atoms with Crippen LogP contribution in [0, 0.1) is 17.3 Å². The van der Waals surface area contributed by atoms with E-state index in [-0.39, 0.29) is 35.1 Å². The molecule has 7 nitrogen and oxygen atoms in total. The maximum Gasteiger partial charge on any atom is 0.245 e. The second-order valence-corrected chi connectivity index (χ2v) is 10.3. The molecular formula is C23H38N4O3. The molecule has 2 unspecified atom stereocenters. The third-order valence-electron chi connectivity index (χ3n) is 7.94. The van der Waals surface area contributed by atoms with Crippen molar-refractivity contribution < 1.29 is 14.4 Å². The van der Waals surface area contributed by atoms with E-state index < -0.39 is 0 Å². The Morgan fingerprint density at radius 3 is 2.10 bits per heavy atom. The van der Waals surface area contributed by atoms with Gasteiger partial charge in [-0.25, -0.2) is 0 Å². The van der Waals surface area contributed by atoms with E-state index in [2.05, 4.69) is 11.9 Å². The summed E-state index contributed by atoms with van der Waals surface area (Å²) in [6.07, 6.45) is 5.62. The number of piperidine rings is 2. The zero-order valence-electron chi connectivity index (χ0n) is 18.9. The quantitative estimate of drug-likeness (QED) is 0.696. The molecule has 0 aromatic carbocycles. The predicted octanol–water partition coefficient (Wildman–Crippen LogP) is 1.43. The van der Waals surface area contributed by atoms with Crippen molar-refractivity contribution in [3.05, 3.63) is 0 Å². The molecule has 3 aliphatic heterocycles. The number of carbonyl (C=O) groups is 3. The van der Waals surface area contributed by atoms with Crippen LogP contribution in [0.5, 0.6) is 0 Å². The number of amides is 3. The molecule has 1 saturated carbocycles. The van der Waals surface area contributed by atoms with Gasteiger partial charge < -0.3 is 19.6 Å². The van der Waals surface area contributed by atoms with Crippen molar-refractivity contribution in [2.75, 3.05) is 52.9 Å². The van der Waals surface area contributed by atoms with Gasteiger partial charge in [0.15, 0.2) is 0 Å². The summed E-state index contributed by atoms with van der Waals surface area (Å²) in [5, 5.41) is 0. The first-order valence-electron chi connectivity index (χ1n) is 11.9. The van der Waals surface area contributed by atoms with Gasteiger partial charge in [-0.2, -0.15) is 0 Å². The molecular weight excluding hydrogens is 380 g/mol. The summed E-state index contributed by atoms with van der Waals surface area (Å²) in [5.41, 5.74) is 0.122. The van der Waals surface area contributed by atoms with Crippen LogP contribution in [0.1, 0.15) is 52.4 Å². The number of rotatable bonds is 3. The number of piperazine rings is 1. The number of carbonyl (C=O) groups excluding carboxylic acids is 3. The number of hydrogen-bond acceptors (Lipinski definition) is 4. The normalized spacial score (nSPS) is 29.4. The molecule has 3 heterocycles. The summed E-state index contributed by atoms with van der Waals surface area (Å²) < 4.78 is 0. The molecule has 4 fully saturated rings. The smallest absolute Gasteiger partial charge is 0.245 e. The first-order valence-corrected chi connectivity index (χ1v) is 11.9. The number of likely N-dealkylation sites (N-methyl/N-ethyl adjacent to an activating group) is 1. The van der Waals surface area contributed by atoms with Crippen molar-refractivity contribution in [2.24, 2.45) is 17.3 Å². The van der Waals surface area contributed by atoms with Gasteiger partial charge in [0.25, 0.3) is 0 Å². The Morgan fingerprint density at radius 2 is 1.47 bits per heavy atom. The van der Waals surface area contributed by atoms with Crippen molar-refractivity contribution >= 4 is 17.7 Å². The van der Waals surface area contributed by atoms with E-state index >= 15 is 0 Å². The van der Waals surface area contributed by atoms with Crippen LogP contribution in [0.15, 0.2) is 0 Å². The highest BCUT2D eigenvalue weighted by Gasteiger charge is 2.59. The first-order chi connectivity index (χ1) is 14.3. The Bertz CT molecular complexity index is 678. The fourth-order valence-electron chi connectivity index (χ4n) is 5.66. The summed E-state index contributed by atoms with van der Waals surface area (Å²) in [6.45, 7) is 9.58. The molecule has 0 bridgehead atoms. The van der Waals surface area contributed by atoms with Crippen molar-refractivity contribution in [2.45, 2.75) is 58.4 Å². The summed E-state index contributed by atoms with van der Waals surface area (Å²) in [5.74, 6) is 0.647. The van der Waals surface area contributed by atoms with E-state index in [9.17, 15) is 14.4 Å². The molecule has 168 valence electrons. The molecule has 0 N–H and O–H groups in total. The van der Waals surface area contributed by atoms with Gasteiger partial charge in [-0.15, -0.1) is 0 Å². The SMILES string of the molecule is CC(C)C(=O)N1CCCCC1C(=O)N1CCC2(CC1)CC2C(=O)N1CCN(C)CC1. The molecule has 4 aliphatic rings. The lowest BCUT2D eigenvalue weighted by atomic mass is 9.89. The molecule has 0 aromatic heterocycles. The molecule has 2 atom stereocenters. The van der Waals surface area contributed by atoms with Gasteiger partial charge >= 0.3 is 0 Å². The van der Waals surface area contributed by atoms with Crippen molar-refractivity contribution in [1.29, 1.82) is 0 Å². The highest BCUT2D eigenvalue weighted by atomic mass is 16.2. The van der Waals surface area contributed by atoms with Crippen LogP contribution in [-0.2, 0) is 14.4 Å². The van der Waals surface area contributed by atoms with E-state index in [0.29, 0.717) is 12.5 Å². The summed E-state index contributed by atoms with van der Waals surface area (Å²) >= 11 is 0. The van der Waals surface area contributed by atoms with Crippen LogP contribution in [0.2, 0.25) is 0 Å². The second kappa shape index (κ2) is 8.48. The molecule has 7 heteroatoms. The Hall–Kier alpha value is -1.63. The molecule has 1 aliphatic carbocycles. The van der Waals surface area contributed by atoms with Crippen molar-refractivity contribution in [1.82, 2.24) is 19.6 Å². The molecule has 30 heavy (non-hydrogen) atoms. The number of nitrogens with zero attached hydrogens (tertiary/aromatic N) is 4. The third kappa shape index (κ3) is 4.10. The van der Waals surface area contributed by atoms with Gasteiger partial charge in [0.05, 0.1) is 0 Å². The maximum absolute atomic E-state index is 13.3. The summed E-state index contributed by atoms with van der Waals surface area (Å²) in [6, 6.07) is -0.287. The Balaban J connectivity index is 1.32. The lowest BCUT2D eigenvalue weighted by molar-refractivity contribution is -0.150. The number of hydrogen-bond donors (Lipinski definition) is 0. The third-order valence-corrected chi connectivity index (χ3v) is 7.94. The van der Waals surface area contributed by atoms with Gasteiger partial charge in [-0.1, -0.05) is 13.8 Å². The Labute approximate surface area is 180 Å². The summed E-state index contributed by atoms with van der Waals surface area (Å²) in [7, 11) is 2.11. The molecule has 1 spiro atoms. The molecule has 0 aromatic rings. The average molecular weight is 419 g/mol. The van der Waals surface area contributed by atoms with E-state index in [1.54, 1.807) is 0 Å². The highest BCUT2D eigenvalue weighted by molar-refractivity contribution is 5.89. The monoisotopic (exact) mass is 418 g/mol. The number of likely N-dealkylation sites (tertiary alicyclic amines) is 2. The lowest BCUT2D eigenvalue weighted by Crippen LogP contribution is -2.55. The highest BCUT2D eigenvalue weighted by Crippen LogP contribution is 2.60. The Kier molecular flexibility index (Phi) is 6.11. The summed E-state index contributed by atoms with van der Waals surface area (Å²) in [4.78, 5) is 47.0. The first kappa shape index (κ1) is 21.6. The van der Waals surface area contributed by atoms with Crippen LogP contribution in [0.4, 0.5) is 0 Å². The van der Waals surface area contributed by atoms with Gasteiger partial charge in [0, 0.05) is 57.6 Å². The largest absolute Gasteiger partial charge is 0.341 e. The minimum atomic E-state index is -0.287. The van der Waals surface area contributed by atoms with Crippen LogP contribution in [0.3, 0.4) is 0 Å². The van der Waals surface area contributed by atoms with Gasteiger partial charge in [-0.05, 0) is 51.0 Å². The second-order valence-electron chi connectivity index (χ2n) is 10.3. The molecule has 4 rings (SSSR count). The minimum Gasteiger partial charge on any atom is -0.341 e. The molecule has 0 radical (unpaired) electrons. The average Bonchev–Trinajstić information content (AvgIpc) is 3.46. The molecule has 3 saturated heterocycles. The fraction of sp³-hybridized carbons (Fsp3) is 0.870. The van der Waals surface area contributed by atoms with Crippen LogP contribution >= 0.6 is 0 Å². The van der Waals surface area contributed by atoms with Gasteiger partial charge in [0.2, 0.25) is 17.7 Å².